The number of esters is 1. The number of carboxylic acid groups (broad SMARTS) is 2. The maximum atomic E-state index is 11.2. The molecule has 0 rings (SSSR count). The number of aliphatic carboxylic acids is 2. The van der Waals surface area contributed by atoms with Gasteiger partial charge in [0.15, 0.2) is 0 Å². The predicted molar refractivity (Wildman–Crippen MR) is 58.4 cm³/mol. The van der Waals surface area contributed by atoms with Crippen molar-refractivity contribution in [3.8, 4) is 0 Å². The van der Waals surface area contributed by atoms with E-state index < -0.39 is 23.5 Å². The van der Waals surface area contributed by atoms with E-state index in [1.807, 2.05) is 0 Å². The molecule has 0 saturated carbocycles. The van der Waals surface area contributed by atoms with Crippen LogP contribution in [0.15, 0.2) is 12.7 Å². The SMILES string of the molecule is C=CC(=O)OC(CCC)(CCC(=O)O)C(=O)O. The fraction of sp³-hybridized carbons (Fsp3) is 0.545. The highest BCUT2D eigenvalue weighted by molar-refractivity contribution is 5.87. The number of hydrogen-bond donors (Lipinski definition) is 2. The molecule has 0 aromatic heterocycles. The number of carbonyl (C=O) groups is 3. The van der Waals surface area contributed by atoms with Gasteiger partial charge < -0.3 is 14.9 Å². The quantitative estimate of drug-likeness (QED) is 0.491. The summed E-state index contributed by atoms with van der Waals surface area (Å²) in [6.07, 6.45) is 0.738. The zero-order valence-corrected chi connectivity index (χ0v) is 9.64. The second-order valence-corrected chi connectivity index (χ2v) is 3.57. The van der Waals surface area contributed by atoms with E-state index in [1.54, 1.807) is 6.92 Å². The van der Waals surface area contributed by atoms with Crippen molar-refractivity contribution in [3.05, 3.63) is 12.7 Å². The summed E-state index contributed by atoms with van der Waals surface area (Å²) in [5, 5.41) is 17.7. The summed E-state index contributed by atoms with van der Waals surface area (Å²) >= 11 is 0. The third kappa shape index (κ3) is 4.67. The molecule has 1 unspecified atom stereocenters. The molecule has 2 N–H and O–H groups in total. The average Bonchev–Trinajstić information content (AvgIpc) is 2.25. The summed E-state index contributed by atoms with van der Waals surface area (Å²) < 4.78 is 4.82. The van der Waals surface area contributed by atoms with E-state index in [9.17, 15) is 14.4 Å². The Morgan fingerprint density at radius 3 is 2.24 bits per heavy atom. The molecule has 0 heterocycles. The van der Waals surface area contributed by atoms with E-state index in [2.05, 4.69) is 6.58 Å². The second kappa shape index (κ2) is 6.67. The third-order valence-electron chi connectivity index (χ3n) is 2.25. The highest BCUT2D eigenvalue weighted by atomic mass is 16.6. The van der Waals surface area contributed by atoms with E-state index in [0.717, 1.165) is 6.08 Å². The van der Waals surface area contributed by atoms with Crippen molar-refractivity contribution in [3.63, 3.8) is 0 Å². The molecular weight excluding hydrogens is 228 g/mol. The Balaban J connectivity index is 4.96. The van der Waals surface area contributed by atoms with Gasteiger partial charge in [-0.3, -0.25) is 4.79 Å². The first-order valence-electron chi connectivity index (χ1n) is 5.18. The lowest BCUT2D eigenvalue weighted by Gasteiger charge is -2.28. The molecule has 17 heavy (non-hydrogen) atoms. The maximum Gasteiger partial charge on any atom is 0.348 e. The van der Waals surface area contributed by atoms with Crippen molar-refractivity contribution in [2.75, 3.05) is 0 Å². The molecule has 6 heteroatoms. The van der Waals surface area contributed by atoms with Crippen molar-refractivity contribution in [1.29, 1.82) is 0 Å². The van der Waals surface area contributed by atoms with Gasteiger partial charge in [0, 0.05) is 18.9 Å². The lowest BCUT2D eigenvalue weighted by Crippen LogP contribution is -2.43. The van der Waals surface area contributed by atoms with Crippen LogP contribution in [0.2, 0.25) is 0 Å². The Labute approximate surface area is 98.9 Å². The van der Waals surface area contributed by atoms with Crippen LogP contribution in [0.3, 0.4) is 0 Å². The molecule has 0 bridgehead atoms. The minimum absolute atomic E-state index is 0.0647. The summed E-state index contributed by atoms with van der Waals surface area (Å²) in [4.78, 5) is 32.7. The fourth-order valence-corrected chi connectivity index (χ4v) is 1.43. The molecule has 1 atom stereocenters. The number of carbonyl (C=O) groups excluding carboxylic acids is 1. The normalized spacial score (nSPS) is 13.5. The Morgan fingerprint density at radius 1 is 1.29 bits per heavy atom. The summed E-state index contributed by atoms with van der Waals surface area (Å²) in [7, 11) is 0. The van der Waals surface area contributed by atoms with Crippen LogP contribution >= 0.6 is 0 Å². The van der Waals surface area contributed by atoms with Gasteiger partial charge in [0.1, 0.15) is 0 Å². The monoisotopic (exact) mass is 244 g/mol. The van der Waals surface area contributed by atoms with Gasteiger partial charge in [0.2, 0.25) is 5.60 Å². The van der Waals surface area contributed by atoms with Crippen molar-refractivity contribution < 1.29 is 29.3 Å². The Morgan fingerprint density at radius 2 is 1.88 bits per heavy atom. The molecule has 0 radical (unpaired) electrons. The molecule has 0 saturated heterocycles. The van der Waals surface area contributed by atoms with Gasteiger partial charge in [-0.1, -0.05) is 19.9 Å². The topological polar surface area (TPSA) is 101 Å². The highest BCUT2D eigenvalue weighted by Crippen LogP contribution is 2.25. The zero-order valence-electron chi connectivity index (χ0n) is 9.64. The van der Waals surface area contributed by atoms with Crippen LogP contribution in [-0.4, -0.2) is 33.7 Å². The van der Waals surface area contributed by atoms with Crippen LogP contribution in [0.1, 0.15) is 32.6 Å². The van der Waals surface area contributed by atoms with Crippen molar-refractivity contribution >= 4 is 17.9 Å². The second-order valence-electron chi connectivity index (χ2n) is 3.57. The predicted octanol–water partition coefficient (Wildman–Crippen LogP) is 1.20. The van der Waals surface area contributed by atoms with Gasteiger partial charge in [-0.15, -0.1) is 0 Å². The molecule has 0 aliphatic rings. The minimum atomic E-state index is -1.78. The van der Waals surface area contributed by atoms with E-state index in [0.29, 0.717) is 6.42 Å². The van der Waals surface area contributed by atoms with E-state index in [4.69, 9.17) is 14.9 Å². The van der Waals surface area contributed by atoms with Gasteiger partial charge in [-0.05, 0) is 6.42 Å². The molecule has 0 fully saturated rings. The van der Waals surface area contributed by atoms with E-state index in [-0.39, 0.29) is 19.3 Å². The minimum Gasteiger partial charge on any atom is -0.481 e. The van der Waals surface area contributed by atoms with Gasteiger partial charge in [-0.25, -0.2) is 9.59 Å². The standard InChI is InChI=1S/C11H16O6/c1-3-6-11(10(15)16,7-5-8(12)13)17-9(14)4-2/h4H,2-3,5-7H2,1H3,(H,12,13)(H,15,16). The largest absolute Gasteiger partial charge is 0.481 e. The smallest absolute Gasteiger partial charge is 0.348 e. The van der Waals surface area contributed by atoms with E-state index >= 15 is 0 Å². The molecule has 96 valence electrons. The molecular formula is C11H16O6. The fourth-order valence-electron chi connectivity index (χ4n) is 1.43. The molecule has 0 amide bonds. The van der Waals surface area contributed by atoms with Crippen LogP contribution in [0.5, 0.6) is 0 Å². The van der Waals surface area contributed by atoms with Crippen LogP contribution < -0.4 is 0 Å². The van der Waals surface area contributed by atoms with Gasteiger partial charge in [0.05, 0.1) is 0 Å². The maximum absolute atomic E-state index is 11.2. The first kappa shape index (κ1) is 15.2. The lowest BCUT2D eigenvalue weighted by molar-refractivity contribution is -0.178. The van der Waals surface area contributed by atoms with E-state index in [1.165, 1.54) is 0 Å². The van der Waals surface area contributed by atoms with Gasteiger partial charge >= 0.3 is 17.9 Å². The average molecular weight is 244 g/mol. The Hall–Kier alpha value is -1.85. The zero-order chi connectivity index (χ0) is 13.5. The summed E-state index contributed by atoms with van der Waals surface area (Å²) in [6.45, 7) is 4.90. The van der Waals surface area contributed by atoms with Gasteiger partial charge in [0.25, 0.3) is 0 Å². The molecule has 0 aromatic rings. The molecule has 0 aliphatic heterocycles. The van der Waals surface area contributed by atoms with Crippen LogP contribution in [0, 0.1) is 0 Å². The molecule has 0 aromatic carbocycles. The van der Waals surface area contributed by atoms with Crippen LogP contribution in [0.25, 0.3) is 0 Å². The Kier molecular flexibility index (Phi) is 5.95. The molecule has 0 spiro atoms. The molecule has 6 nitrogen and oxygen atoms in total. The van der Waals surface area contributed by atoms with Crippen LogP contribution in [0.4, 0.5) is 0 Å². The summed E-state index contributed by atoms with van der Waals surface area (Å²) in [6, 6.07) is 0. The highest BCUT2D eigenvalue weighted by Gasteiger charge is 2.41. The third-order valence-corrected chi connectivity index (χ3v) is 2.25. The summed E-state index contributed by atoms with van der Waals surface area (Å²) in [5.41, 5.74) is -1.78. The van der Waals surface area contributed by atoms with Crippen molar-refractivity contribution in [2.45, 2.75) is 38.2 Å². The van der Waals surface area contributed by atoms with Crippen molar-refractivity contribution in [2.24, 2.45) is 0 Å². The van der Waals surface area contributed by atoms with Crippen molar-refractivity contribution in [1.82, 2.24) is 0 Å². The first-order chi connectivity index (χ1) is 7.88. The number of rotatable bonds is 8. The first-order valence-corrected chi connectivity index (χ1v) is 5.18. The number of ether oxygens (including phenoxy) is 1. The lowest BCUT2D eigenvalue weighted by atomic mass is 9.92. The van der Waals surface area contributed by atoms with Gasteiger partial charge in [-0.2, -0.15) is 0 Å². The number of carboxylic acids is 2. The summed E-state index contributed by atoms with van der Waals surface area (Å²) in [5.74, 6) is -3.34. The molecule has 0 aliphatic carbocycles. The Bertz CT molecular complexity index is 322. The van der Waals surface area contributed by atoms with Crippen LogP contribution in [-0.2, 0) is 19.1 Å². The number of hydrogen-bond acceptors (Lipinski definition) is 4.